The van der Waals surface area contributed by atoms with E-state index in [1.54, 1.807) is 0 Å². The summed E-state index contributed by atoms with van der Waals surface area (Å²) in [5.74, 6) is -1.21. The SMILES string of the molecule is Nc1nn(-c2ccc(F)c(Cl)c2)c(=O)cc1O. The molecule has 0 saturated carbocycles. The van der Waals surface area contributed by atoms with Gasteiger partial charge in [-0.2, -0.15) is 4.68 Å². The summed E-state index contributed by atoms with van der Waals surface area (Å²) >= 11 is 5.59. The summed E-state index contributed by atoms with van der Waals surface area (Å²) in [6.07, 6.45) is 0. The van der Waals surface area contributed by atoms with Crippen molar-refractivity contribution in [2.24, 2.45) is 0 Å². The number of rotatable bonds is 1. The molecule has 0 unspecified atom stereocenters. The Morgan fingerprint density at radius 1 is 1.41 bits per heavy atom. The van der Waals surface area contributed by atoms with Gasteiger partial charge >= 0.3 is 0 Å². The standard InChI is InChI=1S/C10H7ClFN3O2/c11-6-3-5(1-2-7(6)12)15-9(17)4-8(16)10(13)14-15/h1-4,16H,(H2,13,14). The van der Waals surface area contributed by atoms with Crippen LogP contribution >= 0.6 is 11.6 Å². The van der Waals surface area contributed by atoms with Gasteiger partial charge in [0.1, 0.15) is 5.82 Å². The van der Waals surface area contributed by atoms with Gasteiger partial charge in [0.2, 0.25) is 0 Å². The van der Waals surface area contributed by atoms with E-state index in [0.29, 0.717) is 0 Å². The Morgan fingerprint density at radius 2 is 2.12 bits per heavy atom. The summed E-state index contributed by atoms with van der Waals surface area (Å²) < 4.78 is 13.9. The second-order valence-corrected chi connectivity index (χ2v) is 3.67. The second kappa shape index (κ2) is 4.06. The molecule has 0 aliphatic rings. The van der Waals surface area contributed by atoms with Crippen molar-refractivity contribution in [1.82, 2.24) is 9.78 Å². The number of hydrogen-bond acceptors (Lipinski definition) is 4. The molecule has 1 aromatic heterocycles. The van der Waals surface area contributed by atoms with Crippen molar-refractivity contribution in [2.45, 2.75) is 0 Å². The van der Waals surface area contributed by atoms with E-state index in [2.05, 4.69) is 5.10 Å². The number of nitrogens with two attached hydrogens (primary N) is 1. The van der Waals surface area contributed by atoms with Crippen LogP contribution in [-0.4, -0.2) is 14.9 Å². The molecule has 0 bridgehead atoms. The van der Waals surface area contributed by atoms with Crippen LogP contribution < -0.4 is 11.3 Å². The van der Waals surface area contributed by atoms with Crippen LogP contribution in [0.25, 0.3) is 5.69 Å². The third-order valence-electron chi connectivity index (χ3n) is 2.09. The van der Waals surface area contributed by atoms with E-state index in [4.69, 9.17) is 17.3 Å². The van der Waals surface area contributed by atoms with Crippen molar-refractivity contribution in [3.8, 4) is 11.4 Å². The van der Waals surface area contributed by atoms with Crippen molar-refractivity contribution in [1.29, 1.82) is 0 Å². The molecule has 0 amide bonds. The number of aromatic nitrogens is 2. The zero-order valence-corrected chi connectivity index (χ0v) is 9.15. The monoisotopic (exact) mass is 255 g/mol. The minimum atomic E-state index is -0.602. The number of nitrogen functional groups attached to an aromatic ring is 1. The van der Waals surface area contributed by atoms with Crippen LogP contribution in [0, 0.1) is 5.82 Å². The van der Waals surface area contributed by atoms with Crippen LogP contribution in [0.5, 0.6) is 5.75 Å². The summed E-state index contributed by atoms with van der Waals surface area (Å²) in [5.41, 5.74) is 5.03. The Bertz CT molecular complexity index is 642. The molecule has 5 nitrogen and oxygen atoms in total. The van der Waals surface area contributed by atoms with Crippen molar-refractivity contribution in [3.05, 3.63) is 45.5 Å². The molecular weight excluding hydrogens is 249 g/mol. The fraction of sp³-hybridized carbons (Fsp3) is 0. The normalized spacial score (nSPS) is 10.5. The zero-order chi connectivity index (χ0) is 12.6. The number of aromatic hydroxyl groups is 1. The third kappa shape index (κ3) is 2.07. The first kappa shape index (κ1) is 11.4. The maximum Gasteiger partial charge on any atom is 0.275 e. The molecule has 0 saturated heterocycles. The van der Waals surface area contributed by atoms with Crippen molar-refractivity contribution in [2.75, 3.05) is 5.73 Å². The molecule has 2 aromatic rings. The van der Waals surface area contributed by atoms with Gasteiger partial charge in [0.15, 0.2) is 11.6 Å². The van der Waals surface area contributed by atoms with E-state index < -0.39 is 17.1 Å². The number of anilines is 1. The van der Waals surface area contributed by atoms with Gasteiger partial charge < -0.3 is 10.8 Å². The van der Waals surface area contributed by atoms with Crippen molar-refractivity contribution < 1.29 is 9.50 Å². The Hall–Kier alpha value is -2.08. The zero-order valence-electron chi connectivity index (χ0n) is 8.39. The molecule has 2 rings (SSSR count). The van der Waals surface area contributed by atoms with Gasteiger partial charge in [0, 0.05) is 0 Å². The average Bonchev–Trinajstić information content (AvgIpc) is 2.27. The van der Waals surface area contributed by atoms with Gasteiger partial charge in [-0.3, -0.25) is 4.79 Å². The number of nitrogens with zero attached hydrogens (tertiary/aromatic N) is 2. The molecule has 0 radical (unpaired) electrons. The molecule has 17 heavy (non-hydrogen) atoms. The highest BCUT2D eigenvalue weighted by Crippen LogP contribution is 2.19. The smallest absolute Gasteiger partial charge is 0.275 e. The van der Waals surface area contributed by atoms with Gasteiger partial charge in [-0.15, -0.1) is 5.10 Å². The minimum absolute atomic E-state index is 0.136. The highest BCUT2D eigenvalue weighted by atomic mass is 35.5. The van der Waals surface area contributed by atoms with E-state index in [0.717, 1.165) is 16.8 Å². The molecule has 88 valence electrons. The first-order valence-electron chi connectivity index (χ1n) is 4.53. The predicted octanol–water partition coefficient (Wildman–Crippen LogP) is 1.31. The number of halogens is 2. The predicted molar refractivity (Wildman–Crippen MR) is 60.9 cm³/mol. The molecular formula is C10H7ClFN3O2. The Labute approximate surface area is 99.9 Å². The van der Waals surface area contributed by atoms with E-state index in [1.807, 2.05) is 0 Å². The van der Waals surface area contributed by atoms with Gasteiger partial charge in [-0.05, 0) is 18.2 Å². The van der Waals surface area contributed by atoms with Crippen LogP contribution in [0.1, 0.15) is 0 Å². The van der Waals surface area contributed by atoms with Crippen molar-refractivity contribution in [3.63, 3.8) is 0 Å². The van der Waals surface area contributed by atoms with Gasteiger partial charge in [0.05, 0.1) is 16.8 Å². The molecule has 0 atom stereocenters. The first-order chi connectivity index (χ1) is 7.99. The molecule has 0 fully saturated rings. The van der Waals surface area contributed by atoms with Gasteiger partial charge in [0.25, 0.3) is 5.56 Å². The van der Waals surface area contributed by atoms with Crippen molar-refractivity contribution >= 4 is 17.4 Å². The Balaban J connectivity index is 2.64. The molecule has 3 N–H and O–H groups in total. The summed E-state index contributed by atoms with van der Waals surface area (Å²) in [5, 5.41) is 12.7. The van der Waals surface area contributed by atoms with Crippen LogP contribution in [-0.2, 0) is 0 Å². The summed E-state index contributed by atoms with van der Waals surface area (Å²) in [7, 11) is 0. The highest BCUT2D eigenvalue weighted by molar-refractivity contribution is 6.30. The second-order valence-electron chi connectivity index (χ2n) is 3.26. The first-order valence-corrected chi connectivity index (χ1v) is 4.91. The topological polar surface area (TPSA) is 81.1 Å². The highest BCUT2D eigenvalue weighted by Gasteiger charge is 2.08. The summed E-state index contributed by atoms with van der Waals surface area (Å²) in [4.78, 5) is 11.5. The van der Waals surface area contributed by atoms with Gasteiger partial charge in [-0.25, -0.2) is 4.39 Å². The maximum absolute atomic E-state index is 13.0. The van der Waals surface area contributed by atoms with Gasteiger partial charge in [-0.1, -0.05) is 11.6 Å². The lowest BCUT2D eigenvalue weighted by molar-refractivity contribution is 0.471. The molecule has 0 aliphatic carbocycles. The fourth-order valence-corrected chi connectivity index (χ4v) is 1.44. The average molecular weight is 256 g/mol. The molecule has 7 heteroatoms. The lowest BCUT2D eigenvalue weighted by atomic mass is 10.3. The molecule has 0 spiro atoms. The third-order valence-corrected chi connectivity index (χ3v) is 2.38. The summed E-state index contributed by atoms with van der Waals surface area (Å²) in [6, 6.07) is 4.59. The lowest BCUT2D eigenvalue weighted by Gasteiger charge is -2.06. The van der Waals surface area contributed by atoms with Crippen LogP contribution in [0.15, 0.2) is 29.1 Å². The van der Waals surface area contributed by atoms with E-state index in [1.165, 1.54) is 12.1 Å². The van der Waals surface area contributed by atoms with E-state index in [9.17, 15) is 14.3 Å². The summed E-state index contributed by atoms with van der Waals surface area (Å²) in [6.45, 7) is 0. The quantitative estimate of drug-likeness (QED) is 0.805. The number of hydrogen-bond donors (Lipinski definition) is 2. The van der Waals surface area contributed by atoms with E-state index >= 15 is 0 Å². The molecule has 1 heterocycles. The van der Waals surface area contributed by atoms with Crippen LogP contribution in [0.2, 0.25) is 5.02 Å². The molecule has 1 aromatic carbocycles. The number of benzene rings is 1. The lowest BCUT2D eigenvalue weighted by Crippen LogP contribution is -2.21. The Morgan fingerprint density at radius 3 is 2.76 bits per heavy atom. The Kier molecular flexibility index (Phi) is 2.72. The van der Waals surface area contributed by atoms with Crippen LogP contribution in [0.3, 0.4) is 0 Å². The largest absolute Gasteiger partial charge is 0.504 e. The van der Waals surface area contributed by atoms with E-state index in [-0.39, 0.29) is 16.5 Å². The maximum atomic E-state index is 13.0. The fourth-order valence-electron chi connectivity index (χ4n) is 1.26. The molecule has 0 aliphatic heterocycles. The minimum Gasteiger partial charge on any atom is -0.504 e. The van der Waals surface area contributed by atoms with Crippen LogP contribution in [0.4, 0.5) is 10.2 Å².